The monoisotopic (exact) mass is 346 g/mol. The van der Waals surface area contributed by atoms with E-state index in [-0.39, 0.29) is 17.5 Å². The summed E-state index contributed by atoms with van der Waals surface area (Å²) < 4.78 is 0. The van der Waals surface area contributed by atoms with Gasteiger partial charge in [0.1, 0.15) is 0 Å². The number of carbonyl (C=O) groups is 4. The molecule has 8 nitrogen and oxygen atoms in total. The van der Waals surface area contributed by atoms with Crippen LogP contribution >= 0.6 is 0 Å². The molecular formula is C17H22N4O4. The van der Waals surface area contributed by atoms with E-state index in [4.69, 9.17) is 0 Å². The number of carbonyl (C=O) groups excluding carboxylic acids is 4. The summed E-state index contributed by atoms with van der Waals surface area (Å²) in [5.41, 5.74) is 4.36. The summed E-state index contributed by atoms with van der Waals surface area (Å²) in [6.45, 7) is 5.34. The van der Waals surface area contributed by atoms with E-state index in [1.165, 1.54) is 12.1 Å². The van der Waals surface area contributed by atoms with Gasteiger partial charge in [0.25, 0.3) is 5.91 Å². The van der Waals surface area contributed by atoms with E-state index in [0.29, 0.717) is 5.69 Å². The summed E-state index contributed by atoms with van der Waals surface area (Å²) >= 11 is 0. The molecule has 1 fully saturated rings. The predicted molar refractivity (Wildman–Crippen MR) is 91.3 cm³/mol. The first-order chi connectivity index (χ1) is 11.7. The lowest BCUT2D eigenvalue weighted by molar-refractivity contribution is -0.139. The molecule has 1 saturated carbocycles. The minimum Gasteiger partial charge on any atom is -0.345 e. The Morgan fingerprint density at radius 3 is 2.28 bits per heavy atom. The molecule has 0 saturated heterocycles. The lowest BCUT2D eigenvalue weighted by Crippen LogP contribution is -2.49. The van der Waals surface area contributed by atoms with Crippen molar-refractivity contribution in [1.82, 2.24) is 16.2 Å². The minimum absolute atomic E-state index is 0.0528. The van der Waals surface area contributed by atoms with Gasteiger partial charge in [-0.25, -0.2) is 0 Å². The van der Waals surface area contributed by atoms with Crippen LogP contribution in [0.25, 0.3) is 0 Å². The highest BCUT2D eigenvalue weighted by Crippen LogP contribution is 2.19. The molecule has 0 unspecified atom stereocenters. The third-order valence-electron chi connectivity index (χ3n) is 3.47. The smallest absolute Gasteiger partial charge is 0.327 e. The van der Waals surface area contributed by atoms with E-state index in [9.17, 15) is 19.2 Å². The Hall–Kier alpha value is -2.90. The molecule has 4 N–H and O–H groups in total. The second-order valence-corrected chi connectivity index (χ2v) is 6.94. The molecule has 1 aromatic rings. The molecule has 1 aromatic carbocycles. The molecule has 0 atom stereocenters. The van der Waals surface area contributed by atoms with Crippen LogP contribution in [-0.2, 0) is 14.4 Å². The third kappa shape index (κ3) is 5.59. The zero-order valence-electron chi connectivity index (χ0n) is 14.4. The molecule has 0 aliphatic heterocycles. The van der Waals surface area contributed by atoms with Crippen molar-refractivity contribution < 1.29 is 19.2 Å². The molecule has 0 heterocycles. The third-order valence-corrected chi connectivity index (χ3v) is 3.47. The van der Waals surface area contributed by atoms with E-state index in [1.807, 2.05) is 0 Å². The highest BCUT2D eigenvalue weighted by molar-refractivity contribution is 6.35. The standard InChI is InChI=1S/C17H22N4O4/c1-17(2,3)16(25)19-12-6-4-5-10(9-12)13(22)20-21-15(24)14(23)18-11-7-8-11/h4-6,9,11H,7-8H2,1-3H3,(H,18,23)(H,19,25)(H,20,22)(H,21,24). The van der Waals surface area contributed by atoms with E-state index in [2.05, 4.69) is 21.5 Å². The van der Waals surface area contributed by atoms with Gasteiger partial charge < -0.3 is 10.6 Å². The van der Waals surface area contributed by atoms with E-state index in [1.54, 1.807) is 32.9 Å². The number of hydrogen-bond acceptors (Lipinski definition) is 4. The van der Waals surface area contributed by atoms with Crippen LogP contribution in [0.15, 0.2) is 24.3 Å². The van der Waals surface area contributed by atoms with Gasteiger partial charge in [0.05, 0.1) is 0 Å². The van der Waals surface area contributed by atoms with Gasteiger partial charge in [0.2, 0.25) is 5.91 Å². The minimum atomic E-state index is -0.933. The molecule has 25 heavy (non-hydrogen) atoms. The van der Waals surface area contributed by atoms with Crippen LogP contribution in [0, 0.1) is 5.41 Å². The van der Waals surface area contributed by atoms with Gasteiger partial charge in [-0.2, -0.15) is 0 Å². The highest BCUT2D eigenvalue weighted by atomic mass is 16.2. The maximum Gasteiger partial charge on any atom is 0.327 e. The summed E-state index contributed by atoms with van der Waals surface area (Å²) in [5.74, 6) is -2.50. The molecule has 0 spiro atoms. The summed E-state index contributed by atoms with van der Waals surface area (Å²) in [6.07, 6.45) is 1.72. The highest BCUT2D eigenvalue weighted by Gasteiger charge is 2.26. The second-order valence-electron chi connectivity index (χ2n) is 6.94. The fraction of sp³-hybridized carbons (Fsp3) is 0.412. The van der Waals surface area contributed by atoms with Crippen molar-refractivity contribution >= 4 is 29.3 Å². The number of nitrogens with one attached hydrogen (secondary N) is 4. The molecular weight excluding hydrogens is 324 g/mol. The maximum atomic E-state index is 12.1. The number of hydrazine groups is 1. The van der Waals surface area contributed by atoms with Crippen molar-refractivity contribution in [3.05, 3.63) is 29.8 Å². The van der Waals surface area contributed by atoms with Crippen LogP contribution in [0.5, 0.6) is 0 Å². The fourth-order valence-electron chi connectivity index (χ4n) is 1.78. The Labute approximate surface area is 145 Å². The Morgan fingerprint density at radius 1 is 1.00 bits per heavy atom. The van der Waals surface area contributed by atoms with Crippen LogP contribution in [0.2, 0.25) is 0 Å². The Morgan fingerprint density at radius 2 is 1.68 bits per heavy atom. The number of rotatable bonds is 3. The van der Waals surface area contributed by atoms with Gasteiger partial charge in [-0.05, 0) is 31.0 Å². The van der Waals surface area contributed by atoms with Crippen LogP contribution in [-0.4, -0.2) is 29.7 Å². The number of anilines is 1. The quantitative estimate of drug-likeness (QED) is 0.476. The maximum absolute atomic E-state index is 12.1. The van der Waals surface area contributed by atoms with E-state index in [0.717, 1.165) is 12.8 Å². The summed E-state index contributed by atoms with van der Waals surface area (Å²) in [4.78, 5) is 47.1. The van der Waals surface area contributed by atoms with Crippen molar-refractivity contribution in [2.45, 2.75) is 39.7 Å². The largest absolute Gasteiger partial charge is 0.345 e. The first kappa shape index (κ1) is 18.4. The second kappa shape index (κ2) is 7.33. The average molecular weight is 346 g/mol. The Balaban J connectivity index is 1.90. The molecule has 0 bridgehead atoms. The average Bonchev–Trinajstić information content (AvgIpc) is 3.35. The van der Waals surface area contributed by atoms with Gasteiger partial charge >= 0.3 is 11.8 Å². The van der Waals surface area contributed by atoms with E-state index < -0.39 is 23.1 Å². The molecule has 1 aliphatic rings. The summed E-state index contributed by atoms with van der Waals surface area (Å²) in [7, 11) is 0. The first-order valence-electron chi connectivity index (χ1n) is 7.99. The van der Waals surface area contributed by atoms with Crippen LogP contribution in [0.3, 0.4) is 0 Å². The van der Waals surface area contributed by atoms with Crippen molar-refractivity contribution in [3.63, 3.8) is 0 Å². The Bertz CT molecular complexity index is 705. The molecule has 4 amide bonds. The molecule has 0 aromatic heterocycles. The van der Waals surface area contributed by atoms with Crippen LogP contribution < -0.4 is 21.5 Å². The fourth-order valence-corrected chi connectivity index (χ4v) is 1.78. The van der Waals surface area contributed by atoms with Gasteiger partial charge in [0, 0.05) is 22.7 Å². The van der Waals surface area contributed by atoms with Crippen molar-refractivity contribution in [2.75, 3.05) is 5.32 Å². The molecule has 1 aliphatic carbocycles. The van der Waals surface area contributed by atoms with Gasteiger partial charge in [-0.15, -0.1) is 0 Å². The lowest BCUT2D eigenvalue weighted by Gasteiger charge is -2.18. The van der Waals surface area contributed by atoms with Crippen LogP contribution in [0.4, 0.5) is 5.69 Å². The zero-order valence-corrected chi connectivity index (χ0v) is 14.4. The normalized spacial score (nSPS) is 13.6. The first-order valence-corrected chi connectivity index (χ1v) is 7.99. The predicted octanol–water partition coefficient (Wildman–Crippen LogP) is 0.711. The number of benzene rings is 1. The van der Waals surface area contributed by atoms with Gasteiger partial charge in [0.15, 0.2) is 0 Å². The lowest BCUT2D eigenvalue weighted by atomic mass is 9.95. The van der Waals surface area contributed by atoms with Crippen molar-refractivity contribution in [2.24, 2.45) is 5.41 Å². The molecule has 134 valence electrons. The van der Waals surface area contributed by atoms with E-state index >= 15 is 0 Å². The zero-order chi connectivity index (χ0) is 18.6. The van der Waals surface area contributed by atoms with Gasteiger partial charge in [-0.3, -0.25) is 30.0 Å². The van der Waals surface area contributed by atoms with Crippen molar-refractivity contribution in [1.29, 1.82) is 0 Å². The van der Waals surface area contributed by atoms with Crippen molar-refractivity contribution in [3.8, 4) is 0 Å². The Kier molecular flexibility index (Phi) is 5.41. The number of amides is 4. The molecule has 2 rings (SSSR count). The molecule has 8 heteroatoms. The topological polar surface area (TPSA) is 116 Å². The molecule has 0 radical (unpaired) electrons. The summed E-state index contributed by atoms with van der Waals surface area (Å²) in [6, 6.07) is 6.32. The van der Waals surface area contributed by atoms with Gasteiger partial charge in [-0.1, -0.05) is 26.8 Å². The number of hydrogen-bond donors (Lipinski definition) is 4. The van der Waals surface area contributed by atoms with Crippen LogP contribution in [0.1, 0.15) is 44.0 Å². The summed E-state index contributed by atoms with van der Waals surface area (Å²) in [5, 5.41) is 5.23. The SMILES string of the molecule is CC(C)(C)C(=O)Nc1cccc(C(=O)NNC(=O)C(=O)NC2CC2)c1.